The topological polar surface area (TPSA) is 55.1 Å². The van der Waals surface area contributed by atoms with Gasteiger partial charge in [0.15, 0.2) is 0 Å². The van der Waals surface area contributed by atoms with Gasteiger partial charge >= 0.3 is 5.97 Å². The van der Waals surface area contributed by atoms with Crippen LogP contribution in [0.1, 0.15) is 29.4 Å². The van der Waals surface area contributed by atoms with E-state index < -0.39 is 5.97 Å². The predicted molar refractivity (Wildman–Crippen MR) is 74.5 cm³/mol. The van der Waals surface area contributed by atoms with Gasteiger partial charge in [-0.1, -0.05) is 42.6 Å². The van der Waals surface area contributed by atoms with Gasteiger partial charge in [-0.2, -0.15) is 5.10 Å². The maximum atomic E-state index is 11.3. The van der Waals surface area contributed by atoms with Crippen molar-refractivity contribution in [2.75, 3.05) is 0 Å². The van der Waals surface area contributed by atoms with E-state index in [1.54, 1.807) is 24.3 Å². The van der Waals surface area contributed by atoms with Crippen molar-refractivity contribution in [1.82, 2.24) is 9.78 Å². The van der Waals surface area contributed by atoms with Gasteiger partial charge in [-0.3, -0.25) is 0 Å². The minimum atomic E-state index is -1.07. The molecule has 100 valence electrons. The van der Waals surface area contributed by atoms with Crippen LogP contribution in [0, 0.1) is 0 Å². The third-order valence-electron chi connectivity index (χ3n) is 2.65. The summed E-state index contributed by atoms with van der Waals surface area (Å²) in [6.07, 6.45) is 1.36. The average Bonchev–Trinajstić information content (AvgIpc) is 2.67. The normalized spacial score (nSPS) is 10.7. The number of rotatable bonds is 4. The van der Waals surface area contributed by atoms with E-state index >= 15 is 0 Å². The molecule has 0 aliphatic carbocycles. The molecule has 0 atom stereocenters. The molecule has 2 aromatic rings. The summed E-state index contributed by atoms with van der Waals surface area (Å²) in [5.74, 6) is -1.07. The van der Waals surface area contributed by atoms with Crippen molar-refractivity contribution < 1.29 is 9.90 Å². The maximum Gasteiger partial charge on any atom is 0.340 e. The Hall–Kier alpha value is -1.52. The fourth-order valence-electron chi connectivity index (χ4n) is 1.84. The molecular weight excluding hydrogens is 287 g/mol. The molecule has 0 spiro atoms. The van der Waals surface area contributed by atoms with E-state index in [0.717, 1.165) is 6.42 Å². The molecule has 1 aromatic carbocycles. The number of aryl methyl sites for hydroxylation is 1. The average molecular weight is 299 g/mol. The zero-order valence-corrected chi connectivity index (χ0v) is 11.7. The van der Waals surface area contributed by atoms with Crippen molar-refractivity contribution >= 4 is 29.2 Å². The number of hydrogen-bond acceptors (Lipinski definition) is 2. The molecule has 4 nitrogen and oxygen atoms in total. The molecule has 0 saturated carbocycles. The van der Waals surface area contributed by atoms with Crippen molar-refractivity contribution in [2.45, 2.75) is 19.8 Å². The van der Waals surface area contributed by atoms with Crippen molar-refractivity contribution in [3.05, 3.63) is 45.7 Å². The third-order valence-corrected chi connectivity index (χ3v) is 3.24. The zero-order valence-electron chi connectivity index (χ0n) is 10.2. The smallest absolute Gasteiger partial charge is 0.340 e. The number of benzene rings is 1. The van der Waals surface area contributed by atoms with Crippen LogP contribution in [0.4, 0.5) is 0 Å². The highest BCUT2D eigenvalue weighted by Gasteiger charge is 2.22. The lowest BCUT2D eigenvalue weighted by molar-refractivity contribution is 0.0696. The second-order valence-corrected chi connectivity index (χ2v) is 4.85. The van der Waals surface area contributed by atoms with Gasteiger partial charge in [-0.05, 0) is 24.6 Å². The summed E-state index contributed by atoms with van der Waals surface area (Å²) in [5, 5.41) is 14.1. The number of carbonyl (C=O) groups is 1. The zero-order chi connectivity index (χ0) is 14.0. The molecule has 0 unspecified atom stereocenters. The fraction of sp³-hybridized carbons (Fsp3) is 0.231. The van der Waals surface area contributed by atoms with Crippen LogP contribution in [0.3, 0.4) is 0 Å². The Morgan fingerprint density at radius 1 is 1.42 bits per heavy atom. The first kappa shape index (κ1) is 13.9. The predicted octanol–water partition coefficient (Wildman–Crippen LogP) is 3.83. The number of nitrogens with zero attached hydrogens (tertiary/aromatic N) is 2. The summed E-state index contributed by atoms with van der Waals surface area (Å²) >= 11 is 12.0. The van der Waals surface area contributed by atoms with E-state index in [1.807, 2.05) is 6.92 Å². The molecule has 0 fully saturated rings. The Morgan fingerprint density at radius 3 is 2.74 bits per heavy atom. The summed E-state index contributed by atoms with van der Waals surface area (Å²) in [7, 11) is 0. The van der Waals surface area contributed by atoms with E-state index in [1.165, 1.54) is 4.68 Å². The molecule has 0 saturated heterocycles. The summed E-state index contributed by atoms with van der Waals surface area (Å²) in [4.78, 5) is 11.3. The Labute approximate surface area is 120 Å². The largest absolute Gasteiger partial charge is 0.478 e. The summed E-state index contributed by atoms with van der Waals surface area (Å²) in [5.41, 5.74) is 1.19. The first-order valence-electron chi connectivity index (χ1n) is 5.81. The van der Waals surface area contributed by atoms with E-state index in [0.29, 0.717) is 22.8 Å². The van der Waals surface area contributed by atoms with Gasteiger partial charge in [0.05, 0.1) is 11.4 Å². The number of aromatic carboxylic acids is 1. The lowest BCUT2D eigenvalue weighted by Gasteiger charge is -2.03. The van der Waals surface area contributed by atoms with Crippen LogP contribution < -0.4 is 0 Å². The van der Waals surface area contributed by atoms with Crippen LogP contribution in [-0.2, 0) is 6.42 Å². The highest BCUT2D eigenvalue weighted by molar-refractivity contribution is 6.33. The van der Waals surface area contributed by atoms with E-state index in [2.05, 4.69) is 5.10 Å². The molecule has 0 aliphatic rings. The molecule has 1 heterocycles. The third kappa shape index (κ3) is 2.74. The first-order valence-corrected chi connectivity index (χ1v) is 6.56. The molecule has 19 heavy (non-hydrogen) atoms. The second-order valence-electron chi connectivity index (χ2n) is 4.06. The highest BCUT2D eigenvalue weighted by Crippen LogP contribution is 2.26. The van der Waals surface area contributed by atoms with Crippen LogP contribution in [0.5, 0.6) is 0 Å². The number of carboxylic acid groups (broad SMARTS) is 1. The molecule has 0 aliphatic heterocycles. The second kappa shape index (κ2) is 5.63. The van der Waals surface area contributed by atoms with Gasteiger partial charge < -0.3 is 5.11 Å². The quantitative estimate of drug-likeness (QED) is 0.933. The van der Waals surface area contributed by atoms with Crippen molar-refractivity contribution in [3.63, 3.8) is 0 Å². The molecule has 0 amide bonds. The van der Waals surface area contributed by atoms with Gasteiger partial charge in [0, 0.05) is 5.02 Å². The van der Waals surface area contributed by atoms with Gasteiger partial charge in [0.25, 0.3) is 0 Å². The molecule has 6 heteroatoms. The van der Waals surface area contributed by atoms with Crippen molar-refractivity contribution in [3.8, 4) is 5.69 Å². The molecule has 0 radical (unpaired) electrons. The number of carboxylic acids is 1. The Morgan fingerprint density at radius 2 is 2.16 bits per heavy atom. The van der Waals surface area contributed by atoms with Crippen LogP contribution in [0.25, 0.3) is 5.69 Å². The van der Waals surface area contributed by atoms with Crippen LogP contribution in [-0.4, -0.2) is 20.9 Å². The highest BCUT2D eigenvalue weighted by atomic mass is 35.5. The van der Waals surface area contributed by atoms with Crippen LogP contribution in [0.2, 0.25) is 10.2 Å². The monoisotopic (exact) mass is 298 g/mol. The van der Waals surface area contributed by atoms with Gasteiger partial charge in [-0.15, -0.1) is 0 Å². The fourth-order valence-corrected chi connectivity index (χ4v) is 2.35. The Kier molecular flexibility index (Phi) is 4.12. The van der Waals surface area contributed by atoms with E-state index in [9.17, 15) is 9.90 Å². The minimum absolute atomic E-state index is 0.0588. The Balaban J connectivity index is 2.59. The molecule has 0 bridgehead atoms. The van der Waals surface area contributed by atoms with E-state index in [-0.39, 0.29) is 10.7 Å². The van der Waals surface area contributed by atoms with E-state index in [4.69, 9.17) is 23.2 Å². The summed E-state index contributed by atoms with van der Waals surface area (Å²) in [6, 6.07) is 6.94. The number of aromatic nitrogens is 2. The number of hydrogen-bond donors (Lipinski definition) is 1. The van der Waals surface area contributed by atoms with Crippen LogP contribution in [0.15, 0.2) is 24.3 Å². The lowest BCUT2D eigenvalue weighted by Crippen LogP contribution is -2.00. The molecule has 1 aromatic heterocycles. The molecule has 2 rings (SSSR count). The van der Waals surface area contributed by atoms with Gasteiger partial charge in [-0.25, -0.2) is 9.48 Å². The van der Waals surface area contributed by atoms with Crippen LogP contribution >= 0.6 is 23.2 Å². The summed E-state index contributed by atoms with van der Waals surface area (Å²) in [6.45, 7) is 1.96. The van der Waals surface area contributed by atoms with Gasteiger partial charge in [0.2, 0.25) is 0 Å². The minimum Gasteiger partial charge on any atom is -0.478 e. The number of halogens is 2. The van der Waals surface area contributed by atoms with Gasteiger partial charge in [0.1, 0.15) is 10.7 Å². The SMILES string of the molecule is CCCc1nn(-c2cccc(Cl)c2)c(Cl)c1C(=O)O. The molecular formula is C13H12Cl2N2O2. The maximum absolute atomic E-state index is 11.3. The molecule has 1 N–H and O–H groups in total. The van der Waals surface area contributed by atoms with Crippen molar-refractivity contribution in [1.29, 1.82) is 0 Å². The lowest BCUT2D eigenvalue weighted by atomic mass is 10.2. The first-order chi connectivity index (χ1) is 9.04. The summed E-state index contributed by atoms with van der Waals surface area (Å²) < 4.78 is 1.40. The standard InChI is InChI=1S/C13H12Cl2N2O2/c1-2-4-10-11(13(18)19)12(15)17(16-10)9-6-3-5-8(14)7-9/h3,5-7H,2,4H2,1H3,(H,18,19). The van der Waals surface area contributed by atoms with Crippen molar-refractivity contribution in [2.24, 2.45) is 0 Å². The Bertz CT molecular complexity index is 623.